The van der Waals surface area contributed by atoms with Crippen LogP contribution >= 0.6 is 23.6 Å². The molecule has 1 saturated heterocycles. The summed E-state index contributed by atoms with van der Waals surface area (Å²) in [6.07, 6.45) is 1.85. The Morgan fingerprint density at radius 1 is 0.977 bits per heavy atom. The summed E-state index contributed by atoms with van der Waals surface area (Å²) in [5, 5.41) is 5.57. The quantitative estimate of drug-likeness (QED) is 0.187. The lowest BCUT2D eigenvalue weighted by atomic mass is 10.1. The van der Waals surface area contributed by atoms with E-state index in [2.05, 4.69) is 44.8 Å². The van der Waals surface area contributed by atoms with Gasteiger partial charge in [0.15, 0.2) is 16.7 Å². The number of hydrogen-bond donors (Lipinski definition) is 2. The molecule has 3 heterocycles. The summed E-state index contributed by atoms with van der Waals surface area (Å²) in [6.45, 7) is 4.38. The third kappa shape index (κ3) is 7.41. The van der Waals surface area contributed by atoms with Crippen LogP contribution in [0.1, 0.15) is 11.1 Å². The summed E-state index contributed by atoms with van der Waals surface area (Å²) in [6, 6.07) is 26.1. The average molecular weight is 613 g/mol. The molecular formula is C33H29FN4O3S2. The Hall–Kier alpha value is -4.22. The van der Waals surface area contributed by atoms with E-state index in [4.69, 9.17) is 21.7 Å². The molecule has 2 aromatic heterocycles. The van der Waals surface area contributed by atoms with Crippen LogP contribution in [-0.4, -0.2) is 47.2 Å². The molecule has 3 aromatic carbocycles. The predicted molar refractivity (Wildman–Crippen MR) is 172 cm³/mol. The molecule has 0 unspecified atom stereocenters. The first-order chi connectivity index (χ1) is 21.0. The van der Waals surface area contributed by atoms with Gasteiger partial charge in [0.1, 0.15) is 5.75 Å². The highest BCUT2D eigenvalue weighted by Crippen LogP contribution is 2.39. The van der Waals surface area contributed by atoms with Crippen molar-refractivity contribution >= 4 is 50.5 Å². The van der Waals surface area contributed by atoms with Gasteiger partial charge in [0.2, 0.25) is 5.91 Å². The summed E-state index contributed by atoms with van der Waals surface area (Å²) in [5.41, 5.74) is 4.40. The van der Waals surface area contributed by atoms with E-state index in [1.807, 2.05) is 36.4 Å². The van der Waals surface area contributed by atoms with Gasteiger partial charge in [-0.1, -0.05) is 54.6 Å². The molecule has 1 aliphatic rings. The molecule has 0 saturated carbocycles. The highest BCUT2D eigenvalue weighted by Gasteiger charge is 2.15. The van der Waals surface area contributed by atoms with E-state index in [0.29, 0.717) is 11.4 Å². The largest absolute Gasteiger partial charge is 0.453 e. The predicted octanol–water partition coefficient (Wildman–Crippen LogP) is 6.78. The number of morpholine rings is 1. The highest BCUT2D eigenvalue weighted by atomic mass is 32.1. The van der Waals surface area contributed by atoms with Crippen molar-refractivity contribution in [3.8, 4) is 21.9 Å². The van der Waals surface area contributed by atoms with Gasteiger partial charge < -0.3 is 20.1 Å². The number of nitrogens with zero attached hydrogens (tertiary/aromatic N) is 2. The Morgan fingerprint density at radius 3 is 2.53 bits per heavy atom. The zero-order valence-corrected chi connectivity index (χ0v) is 24.8. The summed E-state index contributed by atoms with van der Waals surface area (Å²) in [4.78, 5) is 20.2. The Kier molecular flexibility index (Phi) is 8.99. The number of fused-ring (bicyclic) bond motifs is 1. The highest BCUT2D eigenvalue weighted by molar-refractivity contribution is 7.80. The van der Waals surface area contributed by atoms with Crippen LogP contribution in [0.25, 0.3) is 20.7 Å². The van der Waals surface area contributed by atoms with Crippen LogP contribution in [-0.2, 0) is 22.5 Å². The van der Waals surface area contributed by atoms with E-state index in [1.165, 1.54) is 17.7 Å². The number of ether oxygens (including phenoxy) is 2. The molecule has 0 radical (unpaired) electrons. The number of pyridine rings is 1. The fourth-order valence-electron chi connectivity index (χ4n) is 4.82. The molecule has 6 rings (SSSR count). The molecule has 1 aliphatic heterocycles. The van der Waals surface area contributed by atoms with Crippen LogP contribution in [0.5, 0.6) is 11.5 Å². The number of aromatic nitrogens is 1. The van der Waals surface area contributed by atoms with Gasteiger partial charge in [-0.25, -0.2) is 4.39 Å². The molecule has 43 heavy (non-hydrogen) atoms. The number of rotatable bonds is 8. The summed E-state index contributed by atoms with van der Waals surface area (Å²) < 4.78 is 27.4. The van der Waals surface area contributed by atoms with E-state index in [9.17, 15) is 4.79 Å². The monoisotopic (exact) mass is 612 g/mol. The van der Waals surface area contributed by atoms with Gasteiger partial charge in [0.25, 0.3) is 0 Å². The molecule has 0 spiro atoms. The van der Waals surface area contributed by atoms with Crippen LogP contribution in [0.4, 0.5) is 10.1 Å². The first-order valence-electron chi connectivity index (χ1n) is 13.9. The van der Waals surface area contributed by atoms with Crippen molar-refractivity contribution in [3.05, 3.63) is 108 Å². The van der Waals surface area contributed by atoms with Crippen LogP contribution in [0, 0.1) is 5.82 Å². The van der Waals surface area contributed by atoms with E-state index in [1.54, 1.807) is 29.7 Å². The zero-order chi connectivity index (χ0) is 29.6. The number of amides is 1. The average Bonchev–Trinajstić information content (AvgIpc) is 3.45. The lowest BCUT2D eigenvalue weighted by molar-refractivity contribution is -0.119. The van der Waals surface area contributed by atoms with Crippen molar-refractivity contribution in [2.24, 2.45) is 0 Å². The van der Waals surface area contributed by atoms with E-state index in [0.717, 1.165) is 59.1 Å². The van der Waals surface area contributed by atoms with Gasteiger partial charge in [0.05, 0.1) is 29.9 Å². The molecule has 218 valence electrons. The minimum atomic E-state index is -0.569. The Morgan fingerprint density at radius 2 is 1.77 bits per heavy atom. The molecule has 5 aromatic rings. The number of carbonyl (C=O) groups is 1. The molecule has 1 amide bonds. The Bertz CT molecular complexity index is 1740. The first kappa shape index (κ1) is 28.9. The maximum Gasteiger partial charge on any atom is 0.230 e. The van der Waals surface area contributed by atoms with Crippen molar-refractivity contribution in [3.63, 3.8) is 0 Å². The van der Waals surface area contributed by atoms with Crippen molar-refractivity contribution in [2.75, 3.05) is 31.6 Å². The molecule has 10 heteroatoms. The number of carbonyl (C=O) groups excluding carboxylic acids is 1. The lowest BCUT2D eigenvalue weighted by Gasteiger charge is -2.26. The van der Waals surface area contributed by atoms with Crippen LogP contribution < -0.4 is 15.4 Å². The smallest absolute Gasteiger partial charge is 0.230 e. The Balaban J connectivity index is 1.10. The second-order valence-electron chi connectivity index (χ2n) is 10.1. The number of anilines is 1. The van der Waals surface area contributed by atoms with Crippen molar-refractivity contribution in [1.82, 2.24) is 15.2 Å². The maximum absolute atomic E-state index is 15.1. The maximum atomic E-state index is 15.1. The minimum absolute atomic E-state index is 0.0690. The van der Waals surface area contributed by atoms with Gasteiger partial charge in [-0.3, -0.25) is 14.7 Å². The summed E-state index contributed by atoms with van der Waals surface area (Å²) in [5.74, 6) is -0.237. The van der Waals surface area contributed by atoms with Gasteiger partial charge >= 0.3 is 0 Å². The number of thiocarbonyl (C=S) groups is 1. The van der Waals surface area contributed by atoms with Crippen LogP contribution in [0.15, 0.2) is 91.1 Å². The number of benzene rings is 3. The molecule has 0 aliphatic carbocycles. The molecule has 0 bridgehead atoms. The van der Waals surface area contributed by atoms with Crippen molar-refractivity contribution < 1.29 is 18.7 Å². The third-order valence-electron chi connectivity index (χ3n) is 6.99. The molecule has 0 atom stereocenters. The van der Waals surface area contributed by atoms with Gasteiger partial charge in [-0.15, -0.1) is 11.3 Å². The molecular weight excluding hydrogens is 584 g/mol. The summed E-state index contributed by atoms with van der Waals surface area (Å²) in [7, 11) is 0. The molecule has 7 nitrogen and oxygen atoms in total. The molecule has 1 fully saturated rings. The Labute approximate surface area is 258 Å². The first-order valence-corrected chi connectivity index (χ1v) is 15.1. The fourth-order valence-corrected chi connectivity index (χ4v) is 6.13. The normalized spacial score (nSPS) is 13.5. The summed E-state index contributed by atoms with van der Waals surface area (Å²) >= 11 is 6.79. The van der Waals surface area contributed by atoms with Gasteiger partial charge in [0, 0.05) is 48.5 Å². The SMILES string of the molecule is O=C(Cc1ccccc1)NC(=S)Nc1ccc(Oc2ccnc3cc(-c4ccc(CN5CCOCC5)cc4)sc23)c(F)c1. The van der Waals surface area contributed by atoms with E-state index in [-0.39, 0.29) is 23.2 Å². The zero-order valence-electron chi connectivity index (χ0n) is 23.2. The number of hydrogen-bond acceptors (Lipinski definition) is 7. The van der Waals surface area contributed by atoms with E-state index >= 15 is 4.39 Å². The minimum Gasteiger partial charge on any atom is -0.453 e. The third-order valence-corrected chi connectivity index (χ3v) is 8.39. The number of nitrogens with one attached hydrogen (secondary N) is 2. The number of halogens is 1. The topological polar surface area (TPSA) is 75.7 Å². The van der Waals surface area contributed by atoms with Crippen LogP contribution in [0.3, 0.4) is 0 Å². The fraction of sp³-hybridized carbons (Fsp3) is 0.182. The van der Waals surface area contributed by atoms with E-state index < -0.39 is 5.82 Å². The second-order valence-corrected chi connectivity index (χ2v) is 11.6. The second kappa shape index (κ2) is 13.4. The van der Waals surface area contributed by atoms with Gasteiger partial charge in [-0.2, -0.15) is 0 Å². The standard InChI is InChI=1S/C33H29FN4O3S2/c34-26-19-25(36-33(42)37-31(39)18-22-4-2-1-3-5-22)10-11-28(26)41-29-12-13-35-27-20-30(43-32(27)29)24-8-6-23(7-9-24)21-38-14-16-40-17-15-38/h1-13,19-20H,14-18,21H2,(H2,36,37,39,42). The van der Waals surface area contributed by atoms with Gasteiger partial charge in [-0.05, 0) is 47.1 Å². The van der Waals surface area contributed by atoms with Crippen molar-refractivity contribution in [1.29, 1.82) is 0 Å². The number of thiophene rings is 1. The lowest BCUT2D eigenvalue weighted by Crippen LogP contribution is -2.35. The molecule has 2 N–H and O–H groups in total. The van der Waals surface area contributed by atoms with Crippen LogP contribution in [0.2, 0.25) is 0 Å². The van der Waals surface area contributed by atoms with Crippen molar-refractivity contribution in [2.45, 2.75) is 13.0 Å².